The molecule has 0 aliphatic rings. The van der Waals surface area contributed by atoms with E-state index in [-0.39, 0.29) is 0 Å². The minimum Gasteiger partial charge on any atom is -0.0985 e. The third kappa shape index (κ3) is 3.87. The summed E-state index contributed by atoms with van der Waals surface area (Å²) in [6, 6.07) is 26.1. The molecule has 122 valence electrons. The fourth-order valence-corrected chi connectivity index (χ4v) is 4.96. The Morgan fingerprint density at radius 2 is 0.680 bits per heavy atom. The van der Waals surface area contributed by atoms with Crippen LogP contribution in [0.5, 0.6) is 0 Å². The van der Waals surface area contributed by atoms with Gasteiger partial charge in [-0.25, -0.2) is 0 Å². The highest BCUT2D eigenvalue weighted by atomic mass is 31.1. The molecule has 0 unspecified atom stereocenters. The van der Waals surface area contributed by atoms with Crippen LogP contribution in [0.4, 0.5) is 0 Å². The van der Waals surface area contributed by atoms with Crippen molar-refractivity contribution in [2.24, 2.45) is 0 Å². The topological polar surface area (TPSA) is 0 Å². The predicted molar refractivity (Wildman–Crippen MR) is 115 cm³/mol. The normalized spacial score (nSPS) is 10.4. The molecule has 25 heavy (non-hydrogen) atoms. The van der Waals surface area contributed by atoms with Crippen molar-refractivity contribution in [2.45, 2.75) is 0 Å². The van der Waals surface area contributed by atoms with Gasteiger partial charge in [-0.2, -0.15) is 0 Å². The molecule has 3 rings (SSSR count). The highest BCUT2D eigenvalue weighted by Gasteiger charge is 2.16. The minimum absolute atomic E-state index is 0.601. The van der Waals surface area contributed by atoms with Gasteiger partial charge in [-0.15, -0.1) is 0 Å². The molecule has 0 spiro atoms. The van der Waals surface area contributed by atoms with Crippen LogP contribution in [0, 0.1) is 0 Å². The zero-order valence-corrected chi connectivity index (χ0v) is 15.1. The van der Waals surface area contributed by atoms with Crippen molar-refractivity contribution in [2.75, 3.05) is 0 Å². The summed E-state index contributed by atoms with van der Waals surface area (Å²) in [4.78, 5) is 0. The number of rotatable bonds is 6. The number of benzene rings is 3. The Bertz CT molecular complexity index is 746. The van der Waals surface area contributed by atoms with Gasteiger partial charge in [0.15, 0.2) is 0 Å². The lowest BCUT2D eigenvalue weighted by Gasteiger charge is -2.20. The summed E-state index contributed by atoms with van der Waals surface area (Å²) in [5.41, 5.74) is 3.42. The van der Waals surface area contributed by atoms with Gasteiger partial charge in [0.05, 0.1) is 0 Å². The molecule has 0 aliphatic heterocycles. The van der Waals surface area contributed by atoms with Crippen LogP contribution in [0.2, 0.25) is 0 Å². The Labute approximate surface area is 151 Å². The molecule has 0 nitrogen and oxygen atoms in total. The monoisotopic (exact) mass is 340 g/mol. The molecule has 0 atom stereocenters. The molecule has 0 heterocycles. The lowest BCUT2D eigenvalue weighted by molar-refractivity contribution is 1.68. The van der Waals surface area contributed by atoms with E-state index in [1.165, 1.54) is 15.9 Å². The molecule has 3 aromatic carbocycles. The van der Waals surface area contributed by atoms with Crippen LogP contribution in [0.3, 0.4) is 0 Å². The lowest BCUT2D eigenvalue weighted by Crippen LogP contribution is -2.20. The molecule has 0 fully saturated rings. The molecular formula is C24H21P. The molecule has 3 aromatic rings. The lowest BCUT2D eigenvalue weighted by atomic mass is 10.2. The summed E-state index contributed by atoms with van der Waals surface area (Å²) in [5.74, 6) is 0. The summed E-state index contributed by atoms with van der Waals surface area (Å²) >= 11 is 0. The van der Waals surface area contributed by atoms with Crippen molar-refractivity contribution in [1.29, 1.82) is 0 Å². The summed E-state index contributed by atoms with van der Waals surface area (Å²) in [6.07, 6.45) is 5.64. The van der Waals surface area contributed by atoms with Gasteiger partial charge < -0.3 is 0 Å². The molecule has 0 N–H and O–H groups in total. The zero-order valence-electron chi connectivity index (χ0n) is 14.2. The van der Waals surface area contributed by atoms with Gasteiger partial charge in [0.25, 0.3) is 0 Å². The van der Waals surface area contributed by atoms with Gasteiger partial charge in [0.1, 0.15) is 0 Å². The van der Waals surface area contributed by atoms with Crippen LogP contribution < -0.4 is 15.9 Å². The van der Waals surface area contributed by atoms with Crippen LogP contribution in [-0.2, 0) is 0 Å². The SMILES string of the molecule is C=Cc1ccc(P(c2ccc(C=C)cc2)c2ccc(C=C)cc2)cc1. The average molecular weight is 340 g/mol. The Morgan fingerprint density at radius 1 is 0.440 bits per heavy atom. The van der Waals surface area contributed by atoms with Crippen LogP contribution in [0.15, 0.2) is 92.5 Å². The summed E-state index contributed by atoms with van der Waals surface area (Å²) < 4.78 is 0. The van der Waals surface area contributed by atoms with Crippen LogP contribution in [-0.4, -0.2) is 0 Å². The smallest absolute Gasteiger partial charge is 0.0134 e. The third-order valence-electron chi connectivity index (χ3n) is 4.16. The minimum atomic E-state index is -0.601. The maximum atomic E-state index is 3.85. The first-order chi connectivity index (χ1) is 12.2. The molecule has 0 saturated heterocycles. The second-order valence-electron chi connectivity index (χ2n) is 5.72. The van der Waals surface area contributed by atoms with E-state index >= 15 is 0 Å². The van der Waals surface area contributed by atoms with E-state index in [0.717, 1.165) is 16.7 Å². The molecule has 0 amide bonds. The second kappa shape index (κ2) is 7.92. The first-order valence-electron chi connectivity index (χ1n) is 8.23. The first-order valence-corrected chi connectivity index (χ1v) is 9.57. The first kappa shape index (κ1) is 17.1. The maximum absolute atomic E-state index is 3.85. The second-order valence-corrected chi connectivity index (χ2v) is 7.94. The van der Waals surface area contributed by atoms with Gasteiger partial charge >= 0.3 is 0 Å². The summed E-state index contributed by atoms with van der Waals surface area (Å²) in [6.45, 7) is 11.5. The van der Waals surface area contributed by atoms with Crippen molar-refractivity contribution >= 4 is 42.1 Å². The summed E-state index contributed by atoms with van der Waals surface area (Å²) in [5, 5.41) is 4.00. The highest BCUT2D eigenvalue weighted by molar-refractivity contribution is 7.79. The number of hydrogen-bond donors (Lipinski definition) is 0. The standard InChI is InChI=1S/C24H21P/c1-4-19-7-13-22(14-8-19)25(23-15-9-20(5-2)10-16-23)24-17-11-21(6-3)12-18-24/h4-18H,1-3H2. The van der Waals surface area contributed by atoms with Gasteiger partial charge in [-0.1, -0.05) is 111 Å². The van der Waals surface area contributed by atoms with Crippen molar-refractivity contribution in [1.82, 2.24) is 0 Å². The highest BCUT2D eigenvalue weighted by Crippen LogP contribution is 2.33. The van der Waals surface area contributed by atoms with E-state index < -0.39 is 7.92 Å². The molecule has 0 bridgehead atoms. The van der Waals surface area contributed by atoms with Gasteiger partial charge in [0.2, 0.25) is 0 Å². The zero-order chi connectivity index (χ0) is 17.6. The van der Waals surface area contributed by atoms with E-state index in [0.29, 0.717) is 0 Å². The van der Waals surface area contributed by atoms with Crippen LogP contribution >= 0.6 is 7.92 Å². The van der Waals surface area contributed by atoms with E-state index in [4.69, 9.17) is 0 Å². The van der Waals surface area contributed by atoms with Crippen molar-refractivity contribution in [3.05, 3.63) is 109 Å². The maximum Gasteiger partial charge on any atom is -0.0134 e. The summed E-state index contributed by atoms with van der Waals surface area (Å²) in [7, 11) is -0.601. The molecule has 0 saturated carbocycles. The van der Waals surface area contributed by atoms with Gasteiger partial charge in [0, 0.05) is 0 Å². The molecule has 1 heteroatoms. The fraction of sp³-hybridized carbons (Fsp3) is 0. The van der Waals surface area contributed by atoms with Crippen molar-refractivity contribution < 1.29 is 0 Å². The van der Waals surface area contributed by atoms with Crippen LogP contribution in [0.1, 0.15) is 16.7 Å². The molecule has 0 aromatic heterocycles. The quantitative estimate of drug-likeness (QED) is 0.529. The Morgan fingerprint density at radius 3 is 0.880 bits per heavy atom. The number of hydrogen-bond acceptors (Lipinski definition) is 0. The fourth-order valence-electron chi connectivity index (χ4n) is 2.73. The predicted octanol–water partition coefficient (Wildman–Crippen LogP) is 5.37. The van der Waals surface area contributed by atoms with Crippen LogP contribution in [0.25, 0.3) is 18.2 Å². The Balaban J connectivity index is 2.09. The van der Waals surface area contributed by atoms with Crippen molar-refractivity contribution in [3.63, 3.8) is 0 Å². The van der Waals surface area contributed by atoms with E-state index in [9.17, 15) is 0 Å². The van der Waals surface area contributed by atoms with Gasteiger partial charge in [-0.05, 0) is 40.5 Å². The van der Waals surface area contributed by atoms with E-state index in [2.05, 4.69) is 92.5 Å². The Kier molecular flexibility index (Phi) is 5.43. The molecular weight excluding hydrogens is 319 g/mol. The third-order valence-corrected chi connectivity index (χ3v) is 6.60. The van der Waals surface area contributed by atoms with Crippen molar-refractivity contribution in [3.8, 4) is 0 Å². The van der Waals surface area contributed by atoms with E-state index in [1.54, 1.807) is 0 Å². The average Bonchev–Trinajstić information content (AvgIpc) is 2.70. The largest absolute Gasteiger partial charge is 0.0985 e. The van der Waals surface area contributed by atoms with E-state index in [1.807, 2.05) is 18.2 Å². The molecule has 0 radical (unpaired) electrons. The van der Waals surface area contributed by atoms with Gasteiger partial charge in [-0.3, -0.25) is 0 Å². The Hall–Kier alpha value is -2.69. The molecule has 0 aliphatic carbocycles.